The standard InChI is InChI=1S/C24H28N2O3/c1-16(21-15-18-7-5-6-8-20(18)29-21)26-22(27)13-14-25-23(28)17-9-11-19(12-10-17)24(2,3)4/h5-12,15-16H,13-14H2,1-4H3,(H,25,28)(H,26,27). The van der Waals surface area contributed by atoms with Gasteiger partial charge in [-0.25, -0.2) is 0 Å². The number of nitrogens with one attached hydrogen (secondary N) is 2. The second-order valence-electron chi connectivity index (χ2n) is 8.31. The number of rotatable bonds is 6. The van der Waals surface area contributed by atoms with E-state index in [0.29, 0.717) is 11.3 Å². The molecule has 1 atom stereocenters. The number of hydrogen-bond acceptors (Lipinski definition) is 3. The molecule has 2 amide bonds. The Morgan fingerprint density at radius 1 is 1.03 bits per heavy atom. The average molecular weight is 392 g/mol. The Balaban J connectivity index is 1.47. The van der Waals surface area contributed by atoms with Gasteiger partial charge in [0.05, 0.1) is 6.04 Å². The zero-order valence-electron chi connectivity index (χ0n) is 17.4. The molecule has 0 spiro atoms. The lowest BCUT2D eigenvalue weighted by molar-refractivity contribution is -0.121. The highest BCUT2D eigenvalue weighted by Gasteiger charge is 2.16. The van der Waals surface area contributed by atoms with Gasteiger partial charge >= 0.3 is 0 Å². The van der Waals surface area contributed by atoms with E-state index in [1.807, 2.05) is 61.5 Å². The van der Waals surface area contributed by atoms with Crippen LogP contribution in [-0.4, -0.2) is 18.4 Å². The van der Waals surface area contributed by atoms with Crippen LogP contribution in [0, 0.1) is 0 Å². The minimum atomic E-state index is -0.240. The maximum Gasteiger partial charge on any atom is 0.251 e. The first-order chi connectivity index (χ1) is 13.7. The summed E-state index contributed by atoms with van der Waals surface area (Å²) in [6, 6.07) is 17.0. The Hall–Kier alpha value is -3.08. The van der Waals surface area contributed by atoms with Crippen molar-refractivity contribution in [2.75, 3.05) is 6.54 Å². The lowest BCUT2D eigenvalue weighted by Gasteiger charge is -2.19. The molecule has 29 heavy (non-hydrogen) atoms. The number of furan rings is 1. The summed E-state index contributed by atoms with van der Waals surface area (Å²) in [5, 5.41) is 6.72. The van der Waals surface area contributed by atoms with E-state index < -0.39 is 0 Å². The van der Waals surface area contributed by atoms with Gasteiger partial charge in [0.25, 0.3) is 5.91 Å². The molecule has 0 fully saturated rings. The van der Waals surface area contributed by atoms with Crippen LogP contribution < -0.4 is 10.6 Å². The molecule has 0 aliphatic rings. The smallest absolute Gasteiger partial charge is 0.251 e. The first-order valence-corrected chi connectivity index (χ1v) is 9.90. The SMILES string of the molecule is CC(NC(=O)CCNC(=O)c1ccc(C(C)(C)C)cc1)c1cc2ccccc2o1. The van der Waals surface area contributed by atoms with E-state index >= 15 is 0 Å². The molecule has 0 bridgehead atoms. The molecular weight excluding hydrogens is 364 g/mol. The highest BCUT2D eigenvalue weighted by molar-refractivity contribution is 5.94. The van der Waals surface area contributed by atoms with Crippen molar-refractivity contribution in [3.8, 4) is 0 Å². The molecule has 5 nitrogen and oxygen atoms in total. The number of para-hydroxylation sites is 1. The first kappa shape index (κ1) is 20.6. The number of fused-ring (bicyclic) bond motifs is 1. The van der Waals surface area contributed by atoms with Crippen LogP contribution in [-0.2, 0) is 10.2 Å². The zero-order chi connectivity index (χ0) is 21.0. The number of amides is 2. The molecular formula is C24H28N2O3. The Morgan fingerprint density at radius 3 is 2.38 bits per heavy atom. The minimum absolute atomic E-state index is 0.0453. The van der Waals surface area contributed by atoms with Crippen LogP contribution in [0.5, 0.6) is 0 Å². The van der Waals surface area contributed by atoms with Crippen molar-refractivity contribution in [2.24, 2.45) is 0 Å². The molecule has 2 N–H and O–H groups in total. The van der Waals surface area contributed by atoms with E-state index in [2.05, 4.69) is 31.4 Å². The fourth-order valence-corrected chi connectivity index (χ4v) is 3.11. The molecule has 0 aliphatic heterocycles. The predicted molar refractivity (Wildman–Crippen MR) is 115 cm³/mol. The predicted octanol–water partition coefficient (Wildman–Crippen LogP) is 4.73. The Bertz CT molecular complexity index is 964. The fraction of sp³-hybridized carbons (Fsp3) is 0.333. The van der Waals surface area contributed by atoms with E-state index in [1.165, 1.54) is 5.56 Å². The topological polar surface area (TPSA) is 71.3 Å². The second kappa shape index (κ2) is 8.52. The van der Waals surface area contributed by atoms with Gasteiger partial charge in [0.15, 0.2) is 0 Å². The molecule has 2 aromatic carbocycles. The molecule has 0 aliphatic carbocycles. The van der Waals surface area contributed by atoms with Crippen LogP contribution >= 0.6 is 0 Å². The molecule has 0 saturated carbocycles. The quantitative estimate of drug-likeness (QED) is 0.637. The first-order valence-electron chi connectivity index (χ1n) is 9.90. The largest absolute Gasteiger partial charge is 0.459 e. The van der Waals surface area contributed by atoms with Gasteiger partial charge in [-0.3, -0.25) is 9.59 Å². The molecule has 0 radical (unpaired) electrons. The third-order valence-corrected chi connectivity index (χ3v) is 4.90. The molecule has 1 aromatic heterocycles. The molecule has 1 heterocycles. The summed E-state index contributed by atoms with van der Waals surface area (Å²) in [5.41, 5.74) is 2.61. The summed E-state index contributed by atoms with van der Waals surface area (Å²) in [5.74, 6) is 0.396. The Labute approximate surface area is 171 Å². The Morgan fingerprint density at radius 2 is 1.72 bits per heavy atom. The molecule has 1 unspecified atom stereocenters. The van der Waals surface area contributed by atoms with Crippen LogP contribution in [0.15, 0.2) is 59.0 Å². The van der Waals surface area contributed by atoms with E-state index in [1.54, 1.807) is 0 Å². The summed E-state index contributed by atoms with van der Waals surface area (Å²) in [4.78, 5) is 24.5. The lowest BCUT2D eigenvalue weighted by Crippen LogP contribution is -2.32. The third-order valence-electron chi connectivity index (χ3n) is 4.90. The van der Waals surface area contributed by atoms with Crippen molar-refractivity contribution in [3.05, 3.63) is 71.5 Å². The molecule has 3 aromatic rings. The molecule has 152 valence electrons. The van der Waals surface area contributed by atoms with Gasteiger partial charge in [0, 0.05) is 23.9 Å². The monoisotopic (exact) mass is 392 g/mol. The molecule has 0 saturated heterocycles. The van der Waals surface area contributed by atoms with Crippen molar-refractivity contribution >= 4 is 22.8 Å². The zero-order valence-corrected chi connectivity index (χ0v) is 17.4. The maximum absolute atomic E-state index is 12.3. The van der Waals surface area contributed by atoms with Gasteiger partial charge in [0.2, 0.25) is 5.91 Å². The van der Waals surface area contributed by atoms with Gasteiger partial charge in [-0.1, -0.05) is 51.1 Å². The van der Waals surface area contributed by atoms with Crippen molar-refractivity contribution < 1.29 is 14.0 Å². The van der Waals surface area contributed by atoms with E-state index in [0.717, 1.165) is 11.0 Å². The van der Waals surface area contributed by atoms with Crippen LogP contribution in [0.2, 0.25) is 0 Å². The summed E-state index contributed by atoms with van der Waals surface area (Å²) in [6.45, 7) is 8.55. The highest BCUT2D eigenvalue weighted by atomic mass is 16.3. The van der Waals surface area contributed by atoms with Gasteiger partial charge in [-0.15, -0.1) is 0 Å². The van der Waals surface area contributed by atoms with Crippen molar-refractivity contribution in [2.45, 2.75) is 45.6 Å². The highest BCUT2D eigenvalue weighted by Crippen LogP contribution is 2.24. The van der Waals surface area contributed by atoms with Crippen LogP contribution in [0.3, 0.4) is 0 Å². The minimum Gasteiger partial charge on any atom is -0.459 e. The summed E-state index contributed by atoms with van der Waals surface area (Å²) in [7, 11) is 0. The Kier molecular flexibility index (Phi) is 6.06. The van der Waals surface area contributed by atoms with Gasteiger partial charge < -0.3 is 15.1 Å². The number of benzene rings is 2. The average Bonchev–Trinajstić information content (AvgIpc) is 3.12. The molecule has 5 heteroatoms. The van der Waals surface area contributed by atoms with Crippen LogP contribution in [0.25, 0.3) is 11.0 Å². The maximum atomic E-state index is 12.3. The van der Waals surface area contributed by atoms with Gasteiger partial charge in [-0.05, 0) is 42.2 Å². The van der Waals surface area contributed by atoms with Crippen molar-refractivity contribution in [3.63, 3.8) is 0 Å². The molecule has 3 rings (SSSR count). The fourth-order valence-electron chi connectivity index (χ4n) is 3.11. The van der Waals surface area contributed by atoms with Crippen LogP contribution in [0.4, 0.5) is 0 Å². The van der Waals surface area contributed by atoms with E-state index in [-0.39, 0.29) is 36.2 Å². The number of carbonyl (C=O) groups excluding carboxylic acids is 2. The van der Waals surface area contributed by atoms with Crippen LogP contribution in [0.1, 0.15) is 61.8 Å². The second-order valence-corrected chi connectivity index (χ2v) is 8.31. The lowest BCUT2D eigenvalue weighted by atomic mass is 9.87. The van der Waals surface area contributed by atoms with E-state index in [4.69, 9.17) is 4.42 Å². The van der Waals surface area contributed by atoms with Gasteiger partial charge in [0.1, 0.15) is 11.3 Å². The summed E-state index contributed by atoms with van der Waals surface area (Å²) >= 11 is 0. The van der Waals surface area contributed by atoms with Crippen molar-refractivity contribution in [1.29, 1.82) is 0 Å². The summed E-state index contributed by atoms with van der Waals surface area (Å²) < 4.78 is 5.78. The summed E-state index contributed by atoms with van der Waals surface area (Å²) in [6.07, 6.45) is 0.205. The third kappa shape index (κ3) is 5.25. The van der Waals surface area contributed by atoms with Gasteiger partial charge in [-0.2, -0.15) is 0 Å². The number of hydrogen-bond donors (Lipinski definition) is 2. The normalized spacial score (nSPS) is 12.6. The number of carbonyl (C=O) groups is 2. The van der Waals surface area contributed by atoms with E-state index in [9.17, 15) is 9.59 Å². The van der Waals surface area contributed by atoms with Crippen molar-refractivity contribution in [1.82, 2.24) is 10.6 Å².